The summed E-state index contributed by atoms with van der Waals surface area (Å²) in [5, 5.41) is 16.3. The number of hydrogen-bond acceptors (Lipinski definition) is 8. The van der Waals surface area contributed by atoms with Gasteiger partial charge in [0.05, 0.1) is 5.39 Å². The number of hydrogen-bond donors (Lipinski definition) is 2. The molecule has 2 N–H and O–H groups in total. The predicted octanol–water partition coefficient (Wildman–Crippen LogP) is 3.38. The molecule has 0 saturated carbocycles. The van der Waals surface area contributed by atoms with Gasteiger partial charge in [-0.25, -0.2) is 9.37 Å². The highest BCUT2D eigenvalue weighted by molar-refractivity contribution is 6.00. The first-order valence-corrected chi connectivity index (χ1v) is 13.0. The summed E-state index contributed by atoms with van der Waals surface area (Å²) in [6.07, 6.45) is 4.00. The van der Waals surface area contributed by atoms with Crippen LogP contribution < -0.4 is 15.1 Å². The van der Waals surface area contributed by atoms with Crippen LogP contribution in [0.1, 0.15) is 12.8 Å². The van der Waals surface area contributed by atoms with Crippen molar-refractivity contribution in [1.29, 1.82) is 0 Å². The van der Waals surface area contributed by atoms with Gasteiger partial charge >= 0.3 is 0 Å². The number of phenolic OH excluding ortho intramolecular Hbond substituents is 1. The number of aromatic nitrogens is 3. The van der Waals surface area contributed by atoms with E-state index in [9.17, 15) is 5.11 Å². The van der Waals surface area contributed by atoms with Gasteiger partial charge in [0.15, 0.2) is 5.82 Å². The molecule has 2 bridgehead atoms. The predicted molar refractivity (Wildman–Crippen MR) is 144 cm³/mol. The van der Waals surface area contributed by atoms with Gasteiger partial charge in [-0.05, 0) is 49.8 Å². The Hall–Kier alpha value is -3.56. The zero-order valence-corrected chi connectivity index (χ0v) is 21.0. The molecule has 0 spiro atoms. The number of pyridine rings is 1. The first kappa shape index (κ1) is 22.6. The highest BCUT2D eigenvalue weighted by Gasteiger charge is 2.36. The van der Waals surface area contributed by atoms with E-state index in [0.29, 0.717) is 35.0 Å². The number of anilines is 2. The molecule has 0 amide bonds. The third-order valence-corrected chi connectivity index (χ3v) is 8.15. The summed E-state index contributed by atoms with van der Waals surface area (Å²) in [5.41, 5.74) is 1.01. The Bertz CT molecular complexity index is 1510. The summed E-state index contributed by atoms with van der Waals surface area (Å²) in [7, 11) is 4.14. The zero-order chi connectivity index (χ0) is 25.3. The molecule has 2 aromatic carbocycles. The zero-order valence-electron chi connectivity index (χ0n) is 21.0. The molecule has 3 aliphatic heterocycles. The van der Waals surface area contributed by atoms with Crippen LogP contribution in [0.4, 0.5) is 16.2 Å². The van der Waals surface area contributed by atoms with Gasteiger partial charge in [0.2, 0.25) is 5.95 Å². The second-order valence-electron chi connectivity index (χ2n) is 10.8. The van der Waals surface area contributed by atoms with Crippen molar-refractivity contribution in [3.8, 4) is 17.0 Å². The number of likely N-dealkylation sites (N-methyl/N-ethyl adjacent to an activating group) is 1. The maximum absolute atomic E-state index is 16.4. The average Bonchev–Trinajstić information content (AvgIpc) is 3.19. The molecule has 7 rings (SSSR count). The molecular weight excluding hydrogens is 469 g/mol. The minimum Gasteiger partial charge on any atom is -0.508 e. The fourth-order valence-electron chi connectivity index (χ4n) is 6.01. The normalized spacial score (nSPS) is 21.8. The van der Waals surface area contributed by atoms with Crippen molar-refractivity contribution in [3.63, 3.8) is 0 Å². The fourth-order valence-corrected chi connectivity index (χ4v) is 6.01. The number of aromatic hydroxyl groups is 1. The lowest BCUT2D eigenvalue weighted by atomic mass is 10.00. The quantitative estimate of drug-likeness (QED) is 0.443. The SMILES string of the molecule is CN(C)C1CN(c2nc(N3C[C@H]4CC[C@@H](C3)N4)c3cnc(-c4cc(O)cc5ccccc45)c(F)c3n2)C1. The summed E-state index contributed by atoms with van der Waals surface area (Å²) in [6.45, 7) is 3.29. The number of phenols is 1. The summed E-state index contributed by atoms with van der Waals surface area (Å²) in [5.74, 6) is 0.903. The number of fused-ring (bicyclic) bond motifs is 4. The molecule has 9 heteroatoms. The van der Waals surface area contributed by atoms with Crippen LogP contribution in [0.3, 0.4) is 0 Å². The van der Waals surface area contributed by atoms with E-state index in [4.69, 9.17) is 9.97 Å². The van der Waals surface area contributed by atoms with Gasteiger partial charge in [0, 0.05) is 56.1 Å². The minimum atomic E-state index is -0.485. The smallest absolute Gasteiger partial charge is 0.228 e. The summed E-state index contributed by atoms with van der Waals surface area (Å²) >= 11 is 0. The Morgan fingerprint density at radius 3 is 2.49 bits per heavy atom. The van der Waals surface area contributed by atoms with Gasteiger partial charge in [-0.1, -0.05) is 24.3 Å². The molecule has 2 atom stereocenters. The Kier molecular flexibility index (Phi) is 5.19. The van der Waals surface area contributed by atoms with Crippen LogP contribution in [0.2, 0.25) is 0 Å². The number of nitrogens with one attached hydrogen (secondary N) is 1. The van der Waals surface area contributed by atoms with E-state index < -0.39 is 5.82 Å². The molecular formula is C28H30FN7O. The van der Waals surface area contributed by atoms with Crippen molar-refractivity contribution in [2.75, 3.05) is 50.1 Å². The molecule has 0 radical (unpaired) electrons. The van der Waals surface area contributed by atoms with Crippen LogP contribution in [0, 0.1) is 5.82 Å². The third-order valence-electron chi connectivity index (χ3n) is 8.15. The highest BCUT2D eigenvalue weighted by Crippen LogP contribution is 2.38. The molecule has 2 aromatic heterocycles. The van der Waals surface area contributed by atoms with Crippen molar-refractivity contribution >= 4 is 33.4 Å². The van der Waals surface area contributed by atoms with Gasteiger partial charge in [0.25, 0.3) is 0 Å². The Morgan fingerprint density at radius 1 is 0.973 bits per heavy atom. The molecule has 190 valence electrons. The van der Waals surface area contributed by atoms with E-state index in [1.807, 2.05) is 24.3 Å². The lowest BCUT2D eigenvalue weighted by Crippen LogP contribution is -2.58. The lowest BCUT2D eigenvalue weighted by Gasteiger charge is -2.43. The number of rotatable bonds is 4. The second-order valence-corrected chi connectivity index (χ2v) is 10.8. The highest BCUT2D eigenvalue weighted by atomic mass is 19.1. The Balaban J connectivity index is 1.39. The number of halogens is 1. The Labute approximate surface area is 214 Å². The topological polar surface area (TPSA) is 80.7 Å². The van der Waals surface area contributed by atoms with Gasteiger partial charge in [-0.3, -0.25) is 4.98 Å². The van der Waals surface area contributed by atoms with Crippen LogP contribution in [0.15, 0.2) is 42.6 Å². The van der Waals surface area contributed by atoms with Crippen LogP contribution in [-0.4, -0.2) is 83.4 Å². The van der Waals surface area contributed by atoms with Crippen molar-refractivity contribution in [2.45, 2.75) is 31.0 Å². The molecule has 8 nitrogen and oxygen atoms in total. The second kappa shape index (κ2) is 8.49. The van der Waals surface area contributed by atoms with E-state index in [-0.39, 0.29) is 17.0 Å². The monoisotopic (exact) mass is 499 g/mol. The van der Waals surface area contributed by atoms with E-state index >= 15 is 4.39 Å². The van der Waals surface area contributed by atoms with E-state index in [0.717, 1.165) is 55.6 Å². The molecule has 3 saturated heterocycles. The molecule has 3 aliphatic rings. The Morgan fingerprint density at radius 2 is 1.73 bits per heavy atom. The van der Waals surface area contributed by atoms with E-state index in [1.165, 1.54) is 0 Å². The summed E-state index contributed by atoms with van der Waals surface area (Å²) < 4.78 is 16.4. The molecule has 4 aromatic rings. The molecule has 3 fully saturated rings. The number of benzene rings is 2. The van der Waals surface area contributed by atoms with Gasteiger partial charge in [-0.2, -0.15) is 4.98 Å². The first-order chi connectivity index (χ1) is 17.9. The van der Waals surface area contributed by atoms with Gasteiger partial charge in [0.1, 0.15) is 22.8 Å². The maximum atomic E-state index is 16.4. The van der Waals surface area contributed by atoms with Crippen molar-refractivity contribution in [1.82, 2.24) is 25.2 Å². The van der Waals surface area contributed by atoms with Gasteiger partial charge < -0.3 is 25.1 Å². The molecule has 0 aliphatic carbocycles. The first-order valence-electron chi connectivity index (χ1n) is 13.0. The van der Waals surface area contributed by atoms with Crippen LogP contribution in [0.25, 0.3) is 32.9 Å². The molecule has 5 heterocycles. The van der Waals surface area contributed by atoms with E-state index in [1.54, 1.807) is 18.3 Å². The van der Waals surface area contributed by atoms with Crippen LogP contribution >= 0.6 is 0 Å². The van der Waals surface area contributed by atoms with Crippen LogP contribution in [0.5, 0.6) is 5.75 Å². The van der Waals surface area contributed by atoms with E-state index in [2.05, 4.69) is 39.1 Å². The minimum absolute atomic E-state index is 0.0747. The lowest BCUT2D eigenvalue weighted by molar-refractivity contribution is 0.245. The third kappa shape index (κ3) is 3.76. The van der Waals surface area contributed by atoms with Crippen molar-refractivity contribution in [2.24, 2.45) is 0 Å². The fraction of sp³-hybridized carbons (Fsp3) is 0.393. The number of nitrogens with zero attached hydrogens (tertiary/aromatic N) is 6. The summed E-state index contributed by atoms with van der Waals surface area (Å²) in [4.78, 5) is 20.9. The average molecular weight is 500 g/mol. The number of piperazine rings is 1. The summed E-state index contributed by atoms with van der Waals surface area (Å²) in [6, 6.07) is 12.2. The molecule has 0 unspecified atom stereocenters. The standard InChI is InChI=1S/C28H30FN7O/c1-34(2)19-14-36(15-19)28-32-26-23(27(33-28)35-12-17-7-8-18(13-35)31-17)11-30-25(24(26)29)22-10-20(37)9-16-5-3-4-6-21(16)22/h3-6,9-11,17-19,31,37H,7-8,12-15H2,1-2H3/t17-,18+. The maximum Gasteiger partial charge on any atom is 0.228 e. The van der Waals surface area contributed by atoms with Gasteiger partial charge in [-0.15, -0.1) is 0 Å². The van der Waals surface area contributed by atoms with Crippen LogP contribution in [-0.2, 0) is 0 Å². The largest absolute Gasteiger partial charge is 0.508 e. The van der Waals surface area contributed by atoms with Crippen molar-refractivity contribution < 1.29 is 9.50 Å². The van der Waals surface area contributed by atoms with Crippen molar-refractivity contribution in [3.05, 3.63) is 48.4 Å². The molecule has 37 heavy (non-hydrogen) atoms.